The molecule has 4 nitrogen and oxygen atoms in total. The van der Waals surface area contributed by atoms with Gasteiger partial charge in [-0.1, -0.05) is 6.92 Å². The van der Waals surface area contributed by atoms with Crippen LogP contribution in [-0.2, 0) is 17.6 Å². The molecule has 1 aliphatic heterocycles. The van der Waals surface area contributed by atoms with Gasteiger partial charge in [0.25, 0.3) is 0 Å². The monoisotopic (exact) mass is 194 g/mol. The number of aliphatic carboxylic acids is 1. The van der Waals surface area contributed by atoms with Gasteiger partial charge in [-0.25, -0.2) is 9.78 Å². The van der Waals surface area contributed by atoms with Crippen LogP contribution in [0.25, 0.3) is 0 Å². The fourth-order valence-corrected chi connectivity index (χ4v) is 1.95. The van der Waals surface area contributed by atoms with Crippen molar-refractivity contribution >= 4 is 5.97 Å². The average Bonchev–Trinajstić information content (AvgIpc) is 2.59. The Morgan fingerprint density at radius 2 is 2.57 bits per heavy atom. The van der Waals surface area contributed by atoms with E-state index in [2.05, 4.69) is 4.98 Å². The Kier molecular flexibility index (Phi) is 2.27. The number of hydrogen-bond donors (Lipinski definition) is 1. The molecule has 76 valence electrons. The Bertz CT molecular complexity index is 357. The second-order valence-electron chi connectivity index (χ2n) is 3.66. The van der Waals surface area contributed by atoms with E-state index in [0.717, 1.165) is 37.2 Å². The summed E-state index contributed by atoms with van der Waals surface area (Å²) in [5.41, 5.74) is 0.994. The number of carboxylic acid groups (broad SMARTS) is 1. The minimum absolute atomic E-state index is 0.397. The van der Waals surface area contributed by atoms with Crippen molar-refractivity contribution in [2.24, 2.45) is 0 Å². The van der Waals surface area contributed by atoms with Gasteiger partial charge in [0, 0.05) is 12.6 Å². The van der Waals surface area contributed by atoms with Gasteiger partial charge in [0.05, 0.1) is 5.69 Å². The van der Waals surface area contributed by atoms with Crippen LogP contribution in [0.15, 0.2) is 6.20 Å². The van der Waals surface area contributed by atoms with Crippen LogP contribution in [0.1, 0.15) is 37.3 Å². The van der Waals surface area contributed by atoms with Crippen molar-refractivity contribution in [2.45, 2.75) is 38.6 Å². The summed E-state index contributed by atoms with van der Waals surface area (Å²) in [5, 5.41) is 9.02. The zero-order valence-corrected chi connectivity index (χ0v) is 8.23. The number of aryl methyl sites for hydroxylation is 2. The van der Waals surface area contributed by atoms with E-state index in [1.54, 1.807) is 0 Å². The van der Waals surface area contributed by atoms with Crippen LogP contribution in [0, 0.1) is 0 Å². The predicted octanol–water partition coefficient (Wildman–Crippen LogP) is 1.41. The lowest BCUT2D eigenvalue weighted by Gasteiger charge is -2.20. The number of rotatable bonds is 2. The molecular formula is C10H14N2O2. The summed E-state index contributed by atoms with van der Waals surface area (Å²) in [6.45, 7) is 2.03. The highest BCUT2D eigenvalue weighted by Gasteiger charge is 2.26. The van der Waals surface area contributed by atoms with Crippen molar-refractivity contribution in [3.63, 3.8) is 0 Å². The third-order valence-electron chi connectivity index (χ3n) is 2.72. The maximum Gasteiger partial charge on any atom is 0.326 e. The first-order chi connectivity index (χ1) is 6.72. The molecule has 14 heavy (non-hydrogen) atoms. The molecule has 0 amide bonds. The molecule has 0 saturated heterocycles. The van der Waals surface area contributed by atoms with E-state index in [4.69, 9.17) is 5.11 Å². The van der Waals surface area contributed by atoms with Gasteiger partial charge in [0.2, 0.25) is 0 Å². The van der Waals surface area contributed by atoms with E-state index < -0.39 is 12.0 Å². The summed E-state index contributed by atoms with van der Waals surface area (Å²) < 4.78 is 1.82. The minimum Gasteiger partial charge on any atom is -0.480 e. The molecule has 4 heteroatoms. The van der Waals surface area contributed by atoms with Crippen LogP contribution in [0.4, 0.5) is 0 Å². The number of carboxylic acids is 1. The Balaban J connectivity index is 2.38. The first kappa shape index (κ1) is 9.24. The standard InChI is InChI=1S/C10H14N2O2/c1-2-7-6-12-8(10(13)14)4-3-5-9(12)11-7/h6,8H,2-5H2,1H3,(H,13,14). The Morgan fingerprint density at radius 3 is 3.21 bits per heavy atom. The van der Waals surface area contributed by atoms with E-state index in [1.807, 2.05) is 17.7 Å². The summed E-state index contributed by atoms with van der Waals surface area (Å²) in [4.78, 5) is 15.4. The zero-order valence-electron chi connectivity index (χ0n) is 8.23. The van der Waals surface area contributed by atoms with Crippen molar-refractivity contribution < 1.29 is 9.90 Å². The highest BCUT2D eigenvalue weighted by atomic mass is 16.4. The highest BCUT2D eigenvalue weighted by molar-refractivity contribution is 5.72. The number of hydrogen-bond acceptors (Lipinski definition) is 2. The van der Waals surface area contributed by atoms with E-state index in [1.165, 1.54) is 0 Å². The largest absolute Gasteiger partial charge is 0.480 e. The maximum atomic E-state index is 11.0. The second-order valence-corrected chi connectivity index (χ2v) is 3.66. The van der Waals surface area contributed by atoms with Crippen molar-refractivity contribution in [1.82, 2.24) is 9.55 Å². The van der Waals surface area contributed by atoms with Crippen LogP contribution >= 0.6 is 0 Å². The Labute approximate surface area is 82.6 Å². The molecule has 1 aromatic rings. The molecule has 0 radical (unpaired) electrons. The van der Waals surface area contributed by atoms with Crippen LogP contribution < -0.4 is 0 Å². The van der Waals surface area contributed by atoms with Crippen molar-refractivity contribution in [2.75, 3.05) is 0 Å². The van der Waals surface area contributed by atoms with Crippen molar-refractivity contribution in [3.8, 4) is 0 Å². The van der Waals surface area contributed by atoms with Gasteiger partial charge in [-0.15, -0.1) is 0 Å². The normalized spacial score (nSPS) is 20.5. The fraction of sp³-hybridized carbons (Fsp3) is 0.600. The predicted molar refractivity (Wildman–Crippen MR) is 51.2 cm³/mol. The average molecular weight is 194 g/mol. The third kappa shape index (κ3) is 1.41. The number of aromatic nitrogens is 2. The highest BCUT2D eigenvalue weighted by Crippen LogP contribution is 2.25. The lowest BCUT2D eigenvalue weighted by atomic mass is 10.1. The lowest BCUT2D eigenvalue weighted by molar-refractivity contribution is -0.141. The van der Waals surface area contributed by atoms with E-state index in [9.17, 15) is 4.79 Å². The number of fused-ring (bicyclic) bond motifs is 1. The third-order valence-corrected chi connectivity index (χ3v) is 2.72. The summed E-state index contributed by atoms with van der Waals surface area (Å²) in [7, 11) is 0. The van der Waals surface area contributed by atoms with E-state index in [-0.39, 0.29) is 0 Å². The SMILES string of the molecule is CCc1cn2c(n1)CCCC2C(=O)O. The quantitative estimate of drug-likeness (QED) is 0.774. The maximum absolute atomic E-state index is 11.0. The summed E-state index contributed by atoms with van der Waals surface area (Å²) in [5.74, 6) is 0.187. The summed E-state index contributed by atoms with van der Waals surface area (Å²) in [6, 6.07) is -0.397. The molecule has 0 spiro atoms. The van der Waals surface area contributed by atoms with Crippen LogP contribution in [0.2, 0.25) is 0 Å². The topological polar surface area (TPSA) is 55.1 Å². The summed E-state index contributed by atoms with van der Waals surface area (Å²) in [6.07, 6.45) is 5.31. The lowest BCUT2D eigenvalue weighted by Crippen LogP contribution is -2.24. The summed E-state index contributed by atoms with van der Waals surface area (Å²) >= 11 is 0. The van der Waals surface area contributed by atoms with Gasteiger partial charge in [-0.3, -0.25) is 0 Å². The molecular weight excluding hydrogens is 180 g/mol. The van der Waals surface area contributed by atoms with Crippen LogP contribution in [-0.4, -0.2) is 20.6 Å². The van der Waals surface area contributed by atoms with Gasteiger partial charge in [-0.05, 0) is 19.3 Å². The van der Waals surface area contributed by atoms with Gasteiger partial charge in [0.15, 0.2) is 0 Å². The van der Waals surface area contributed by atoms with E-state index >= 15 is 0 Å². The van der Waals surface area contributed by atoms with Gasteiger partial charge in [-0.2, -0.15) is 0 Å². The van der Waals surface area contributed by atoms with Gasteiger partial charge >= 0.3 is 5.97 Å². The second kappa shape index (κ2) is 3.44. The number of nitrogens with zero attached hydrogens (tertiary/aromatic N) is 2. The molecule has 1 aromatic heterocycles. The molecule has 0 fully saturated rings. The van der Waals surface area contributed by atoms with Crippen LogP contribution in [0.5, 0.6) is 0 Å². The molecule has 1 atom stereocenters. The fourth-order valence-electron chi connectivity index (χ4n) is 1.95. The smallest absolute Gasteiger partial charge is 0.326 e. The van der Waals surface area contributed by atoms with Crippen molar-refractivity contribution in [3.05, 3.63) is 17.7 Å². The van der Waals surface area contributed by atoms with Gasteiger partial charge in [0.1, 0.15) is 11.9 Å². The van der Waals surface area contributed by atoms with Crippen LogP contribution in [0.3, 0.4) is 0 Å². The molecule has 2 heterocycles. The minimum atomic E-state index is -0.744. The molecule has 0 bridgehead atoms. The molecule has 0 aromatic carbocycles. The van der Waals surface area contributed by atoms with Gasteiger partial charge < -0.3 is 9.67 Å². The Hall–Kier alpha value is -1.32. The van der Waals surface area contributed by atoms with E-state index in [0.29, 0.717) is 0 Å². The first-order valence-corrected chi connectivity index (χ1v) is 5.01. The molecule has 0 saturated carbocycles. The molecule has 1 unspecified atom stereocenters. The molecule has 2 rings (SSSR count). The molecule has 1 N–H and O–H groups in total. The first-order valence-electron chi connectivity index (χ1n) is 5.01. The molecule has 1 aliphatic rings. The number of carbonyl (C=O) groups is 1. The zero-order chi connectivity index (χ0) is 10.1. The molecule has 0 aliphatic carbocycles. The van der Waals surface area contributed by atoms with Crippen molar-refractivity contribution in [1.29, 1.82) is 0 Å². The Morgan fingerprint density at radius 1 is 1.79 bits per heavy atom. The number of imidazole rings is 1.